The zero-order chi connectivity index (χ0) is 18.3. The van der Waals surface area contributed by atoms with Gasteiger partial charge in [0.05, 0.1) is 12.0 Å². The highest BCUT2D eigenvalue weighted by Crippen LogP contribution is 2.27. The van der Waals surface area contributed by atoms with Gasteiger partial charge in [0.2, 0.25) is 11.8 Å². The third-order valence-corrected chi connectivity index (χ3v) is 5.63. The van der Waals surface area contributed by atoms with Gasteiger partial charge in [-0.3, -0.25) is 14.4 Å². The maximum atomic E-state index is 12.7. The summed E-state index contributed by atoms with van der Waals surface area (Å²) in [6, 6.07) is 5.92. The fourth-order valence-corrected chi connectivity index (χ4v) is 4.03. The quantitative estimate of drug-likeness (QED) is 0.884. The molecule has 1 aromatic carbocycles. The second kappa shape index (κ2) is 6.59. The summed E-state index contributed by atoms with van der Waals surface area (Å²) < 4.78 is 0. The van der Waals surface area contributed by atoms with E-state index >= 15 is 0 Å². The molecule has 0 saturated carbocycles. The minimum absolute atomic E-state index is 0.0104. The van der Waals surface area contributed by atoms with E-state index in [1.54, 1.807) is 16.8 Å². The molecule has 0 aromatic heterocycles. The normalized spacial score (nSPS) is 22.2. The van der Waals surface area contributed by atoms with Gasteiger partial charge in [0.25, 0.3) is 5.91 Å². The Labute approximate surface area is 152 Å². The van der Waals surface area contributed by atoms with Gasteiger partial charge >= 0.3 is 0 Å². The Balaban J connectivity index is 1.37. The number of rotatable bonds is 3. The largest absolute Gasteiger partial charge is 0.359 e. The van der Waals surface area contributed by atoms with Crippen molar-refractivity contribution in [2.75, 3.05) is 26.7 Å². The molecular formula is C20H23N3O3. The molecule has 1 N–H and O–H groups in total. The Kier molecular flexibility index (Phi) is 4.26. The number of aryl methyl sites for hydroxylation is 1. The fourth-order valence-electron chi connectivity index (χ4n) is 4.03. The van der Waals surface area contributed by atoms with Crippen molar-refractivity contribution in [3.8, 4) is 0 Å². The Morgan fingerprint density at radius 2 is 2.00 bits per heavy atom. The topological polar surface area (TPSA) is 69.7 Å². The van der Waals surface area contributed by atoms with Crippen LogP contribution in [0, 0.1) is 5.92 Å². The average molecular weight is 353 g/mol. The SMILES string of the molecule is CNC(=O)C1CC(=O)N(C2CN(C(=O)c3ccc4c(c3)CCC=C4)C2)C1. The van der Waals surface area contributed by atoms with E-state index in [0.29, 0.717) is 25.2 Å². The highest BCUT2D eigenvalue weighted by molar-refractivity contribution is 5.96. The smallest absolute Gasteiger partial charge is 0.254 e. The van der Waals surface area contributed by atoms with Crippen LogP contribution >= 0.6 is 0 Å². The summed E-state index contributed by atoms with van der Waals surface area (Å²) in [5, 5.41) is 2.61. The molecule has 136 valence electrons. The van der Waals surface area contributed by atoms with E-state index in [0.717, 1.165) is 12.8 Å². The Hall–Kier alpha value is -2.63. The molecule has 26 heavy (non-hydrogen) atoms. The van der Waals surface area contributed by atoms with Crippen LogP contribution in [0.15, 0.2) is 24.3 Å². The first-order valence-corrected chi connectivity index (χ1v) is 9.16. The molecule has 1 unspecified atom stereocenters. The molecule has 3 aliphatic rings. The van der Waals surface area contributed by atoms with Gasteiger partial charge in [-0.05, 0) is 36.1 Å². The lowest BCUT2D eigenvalue weighted by Crippen LogP contribution is -2.61. The molecule has 6 nitrogen and oxygen atoms in total. The number of hydrogen-bond acceptors (Lipinski definition) is 3. The van der Waals surface area contributed by atoms with E-state index in [1.165, 1.54) is 11.1 Å². The third kappa shape index (κ3) is 2.89. The summed E-state index contributed by atoms with van der Waals surface area (Å²) in [5.41, 5.74) is 3.13. The lowest BCUT2D eigenvalue weighted by atomic mass is 9.94. The highest BCUT2D eigenvalue weighted by Gasteiger charge is 2.43. The highest BCUT2D eigenvalue weighted by atomic mass is 16.2. The maximum absolute atomic E-state index is 12.7. The number of likely N-dealkylation sites (tertiary alicyclic amines) is 2. The minimum Gasteiger partial charge on any atom is -0.359 e. The summed E-state index contributed by atoms with van der Waals surface area (Å²) >= 11 is 0. The van der Waals surface area contributed by atoms with Crippen LogP contribution < -0.4 is 5.32 Å². The number of amides is 3. The van der Waals surface area contributed by atoms with Crippen LogP contribution in [0.25, 0.3) is 6.08 Å². The average Bonchev–Trinajstić information content (AvgIpc) is 3.00. The molecule has 4 rings (SSSR count). The van der Waals surface area contributed by atoms with Crippen LogP contribution in [-0.4, -0.2) is 60.2 Å². The van der Waals surface area contributed by atoms with Crippen LogP contribution in [0.1, 0.15) is 34.3 Å². The Morgan fingerprint density at radius 1 is 1.19 bits per heavy atom. The number of carbonyl (C=O) groups is 3. The predicted octanol–water partition coefficient (Wildman–Crippen LogP) is 1.06. The Bertz CT molecular complexity index is 795. The lowest BCUT2D eigenvalue weighted by molar-refractivity contribution is -0.132. The van der Waals surface area contributed by atoms with Crippen molar-refractivity contribution in [2.24, 2.45) is 5.92 Å². The number of carbonyl (C=O) groups excluding carboxylic acids is 3. The van der Waals surface area contributed by atoms with Crippen LogP contribution in [0.5, 0.6) is 0 Å². The molecule has 0 radical (unpaired) electrons. The molecule has 2 aliphatic heterocycles. The summed E-state index contributed by atoms with van der Waals surface area (Å²) in [6.07, 6.45) is 6.51. The van der Waals surface area contributed by atoms with Gasteiger partial charge in [-0.1, -0.05) is 18.2 Å². The summed E-state index contributed by atoms with van der Waals surface area (Å²) in [5.74, 6) is -0.327. The van der Waals surface area contributed by atoms with Gasteiger partial charge in [-0.2, -0.15) is 0 Å². The van der Waals surface area contributed by atoms with E-state index in [4.69, 9.17) is 0 Å². The van der Waals surface area contributed by atoms with Crippen LogP contribution in [-0.2, 0) is 16.0 Å². The molecule has 1 aromatic rings. The monoisotopic (exact) mass is 353 g/mol. The number of hydrogen-bond donors (Lipinski definition) is 1. The van der Waals surface area contributed by atoms with Gasteiger partial charge in [-0.25, -0.2) is 0 Å². The number of allylic oxidation sites excluding steroid dienone is 1. The van der Waals surface area contributed by atoms with Crippen LogP contribution in [0.2, 0.25) is 0 Å². The first-order chi connectivity index (χ1) is 12.6. The summed E-state index contributed by atoms with van der Waals surface area (Å²) in [6.45, 7) is 1.54. The standard InChI is InChI=1S/C20H23N3O3/c1-21-19(25)16-9-18(24)23(10-16)17-11-22(12-17)20(26)15-7-6-13-4-2-3-5-14(13)8-15/h2,4,6-8,16-17H,3,5,9-12H2,1H3,(H,21,25). The molecule has 2 heterocycles. The van der Waals surface area contributed by atoms with Crippen molar-refractivity contribution in [1.29, 1.82) is 0 Å². The van der Waals surface area contributed by atoms with Crippen molar-refractivity contribution in [2.45, 2.75) is 25.3 Å². The summed E-state index contributed by atoms with van der Waals surface area (Å²) in [7, 11) is 1.59. The predicted molar refractivity (Wildman–Crippen MR) is 97.4 cm³/mol. The Morgan fingerprint density at radius 3 is 2.77 bits per heavy atom. The molecular weight excluding hydrogens is 330 g/mol. The van der Waals surface area contributed by atoms with E-state index in [1.807, 2.05) is 18.2 Å². The number of benzene rings is 1. The zero-order valence-corrected chi connectivity index (χ0v) is 14.9. The second-order valence-electron chi connectivity index (χ2n) is 7.28. The van der Waals surface area contributed by atoms with Gasteiger partial charge in [0, 0.05) is 38.7 Å². The molecule has 6 heteroatoms. The molecule has 2 fully saturated rings. The van der Waals surface area contributed by atoms with Crippen molar-refractivity contribution >= 4 is 23.8 Å². The van der Waals surface area contributed by atoms with Gasteiger partial charge in [-0.15, -0.1) is 0 Å². The molecule has 1 atom stereocenters. The summed E-state index contributed by atoms with van der Waals surface area (Å²) in [4.78, 5) is 40.2. The van der Waals surface area contributed by atoms with Crippen LogP contribution in [0.3, 0.4) is 0 Å². The first-order valence-electron chi connectivity index (χ1n) is 9.16. The molecule has 0 bridgehead atoms. The maximum Gasteiger partial charge on any atom is 0.254 e. The van der Waals surface area contributed by atoms with E-state index in [9.17, 15) is 14.4 Å². The second-order valence-corrected chi connectivity index (χ2v) is 7.28. The fraction of sp³-hybridized carbons (Fsp3) is 0.450. The number of nitrogens with zero attached hydrogens (tertiary/aromatic N) is 2. The van der Waals surface area contributed by atoms with Gasteiger partial charge < -0.3 is 15.1 Å². The van der Waals surface area contributed by atoms with Gasteiger partial charge in [0.1, 0.15) is 0 Å². The molecule has 2 saturated heterocycles. The zero-order valence-electron chi connectivity index (χ0n) is 14.9. The van der Waals surface area contributed by atoms with E-state index in [-0.39, 0.29) is 36.1 Å². The first kappa shape index (κ1) is 16.8. The van der Waals surface area contributed by atoms with Crippen LogP contribution in [0.4, 0.5) is 0 Å². The third-order valence-electron chi connectivity index (χ3n) is 5.63. The van der Waals surface area contributed by atoms with E-state index < -0.39 is 0 Å². The van der Waals surface area contributed by atoms with Crippen molar-refractivity contribution in [1.82, 2.24) is 15.1 Å². The van der Waals surface area contributed by atoms with Crippen molar-refractivity contribution in [3.63, 3.8) is 0 Å². The number of fused-ring (bicyclic) bond motifs is 1. The van der Waals surface area contributed by atoms with Crippen molar-refractivity contribution in [3.05, 3.63) is 41.0 Å². The molecule has 1 aliphatic carbocycles. The van der Waals surface area contributed by atoms with E-state index in [2.05, 4.69) is 17.5 Å². The number of nitrogens with one attached hydrogen (secondary N) is 1. The van der Waals surface area contributed by atoms with Gasteiger partial charge in [0.15, 0.2) is 0 Å². The molecule has 0 spiro atoms. The minimum atomic E-state index is -0.272. The molecule has 3 amide bonds. The van der Waals surface area contributed by atoms with Crippen molar-refractivity contribution < 1.29 is 14.4 Å². The lowest BCUT2D eigenvalue weighted by Gasteiger charge is -2.44.